The van der Waals surface area contributed by atoms with E-state index in [0.29, 0.717) is 12.1 Å². The molecule has 4 heteroatoms. The number of carbonyl (C=O) groups excluding carboxylic acids is 1. The zero-order chi connectivity index (χ0) is 15.2. The van der Waals surface area contributed by atoms with Gasteiger partial charge in [-0.25, -0.2) is 0 Å². The molecular weight excluding hydrogens is 264 g/mol. The molecule has 2 aromatic rings. The Bertz CT molecular complexity index is 638. The van der Waals surface area contributed by atoms with E-state index in [1.165, 1.54) is 0 Å². The van der Waals surface area contributed by atoms with Gasteiger partial charge in [-0.15, -0.1) is 0 Å². The third-order valence-electron chi connectivity index (χ3n) is 3.33. The summed E-state index contributed by atoms with van der Waals surface area (Å²) in [7, 11) is 3.29. The number of nitrogens with one attached hydrogen (secondary N) is 2. The second-order valence-corrected chi connectivity index (χ2v) is 4.81. The van der Waals surface area contributed by atoms with Gasteiger partial charge in [0.05, 0.1) is 7.11 Å². The number of hydrogen-bond donors (Lipinski definition) is 2. The number of methoxy groups -OCH3 is 1. The second-order valence-electron chi connectivity index (χ2n) is 4.81. The van der Waals surface area contributed by atoms with E-state index in [4.69, 9.17) is 4.74 Å². The van der Waals surface area contributed by atoms with Crippen molar-refractivity contribution in [1.29, 1.82) is 0 Å². The minimum atomic E-state index is -0.0718. The van der Waals surface area contributed by atoms with Crippen molar-refractivity contribution in [2.75, 3.05) is 19.5 Å². The van der Waals surface area contributed by atoms with E-state index in [9.17, 15) is 4.79 Å². The lowest BCUT2D eigenvalue weighted by molar-refractivity contribution is 0.0963. The first kappa shape index (κ1) is 14.9. The van der Waals surface area contributed by atoms with Crippen LogP contribution in [0.5, 0.6) is 5.75 Å². The number of benzene rings is 2. The fourth-order valence-electron chi connectivity index (χ4n) is 2.13. The van der Waals surface area contributed by atoms with Crippen LogP contribution < -0.4 is 15.4 Å². The molecule has 0 aliphatic rings. The molecule has 21 heavy (non-hydrogen) atoms. The van der Waals surface area contributed by atoms with Crippen molar-refractivity contribution in [2.24, 2.45) is 0 Å². The predicted octanol–water partition coefficient (Wildman–Crippen LogP) is 2.98. The molecule has 0 spiro atoms. The summed E-state index contributed by atoms with van der Waals surface area (Å²) in [5.74, 6) is 0.776. The monoisotopic (exact) mass is 284 g/mol. The van der Waals surface area contributed by atoms with E-state index in [1.54, 1.807) is 14.2 Å². The first-order valence-electron chi connectivity index (χ1n) is 6.83. The number of aryl methyl sites for hydroxylation is 1. The smallest absolute Gasteiger partial charge is 0.251 e. The summed E-state index contributed by atoms with van der Waals surface area (Å²) in [6.07, 6.45) is 0. The maximum absolute atomic E-state index is 11.6. The molecular formula is C17H20N2O2. The standard InChI is InChI=1S/C17H20N2O2/c1-12-9-14(17(20)18-2)7-8-16(12)19-11-13-5-4-6-15(10-13)21-3/h4-10,19H,11H2,1-3H3,(H,18,20). The highest BCUT2D eigenvalue weighted by molar-refractivity contribution is 5.94. The first-order valence-corrected chi connectivity index (χ1v) is 6.83. The number of amides is 1. The molecule has 0 saturated heterocycles. The molecule has 2 rings (SSSR count). The number of hydrogen-bond acceptors (Lipinski definition) is 3. The van der Waals surface area contributed by atoms with Crippen LogP contribution in [0.3, 0.4) is 0 Å². The summed E-state index contributed by atoms with van der Waals surface area (Å²) < 4.78 is 5.21. The van der Waals surface area contributed by atoms with Gasteiger partial charge in [0.15, 0.2) is 0 Å². The van der Waals surface area contributed by atoms with Gasteiger partial charge >= 0.3 is 0 Å². The summed E-state index contributed by atoms with van der Waals surface area (Å²) in [4.78, 5) is 11.6. The van der Waals surface area contributed by atoms with Gasteiger partial charge in [-0.05, 0) is 48.4 Å². The highest BCUT2D eigenvalue weighted by atomic mass is 16.5. The van der Waals surface area contributed by atoms with Crippen LogP contribution in [0.1, 0.15) is 21.5 Å². The Kier molecular flexibility index (Phi) is 4.82. The Labute approximate surface area is 125 Å². The minimum absolute atomic E-state index is 0.0718. The van der Waals surface area contributed by atoms with Crippen molar-refractivity contribution < 1.29 is 9.53 Å². The molecule has 0 unspecified atom stereocenters. The predicted molar refractivity (Wildman–Crippen MR) is 84.9 cm³/mol. The van der Waals surface area contributed by atoms with Gasteiger partial charge in [-0.3, -0.25) is 4.79 Å². The third kappa shape index (κ3) is 3.75. The molecule has 0 atom stereocenters. The third-order valence-corrected chi connectivity index (χ3v) is 3.33. The van der Waals surface area contributed by atoms with Gasteiger partial charge in [0, 0.05) is 24.8 Å². The summed E-state index contributed by atoms with van der Waals surface area (Å²) in [5.41, 5.74) is 3.87. The zero-order valence-corrected chi connectivity index (χ0v) is 12.6. The van der Waals surface area contributed by atoms with E-state index in [2.05, 4.69) is 10.6 Å². The zero-order valence-electron chi connectivity index (χ0n) is 12.6. The van der Waals surface area contributed by atoms with E-state index in [1.807, 2.05) is 49.4 Å². The topological polar surface area (TPSA) is 50.4 Å². The van der Waals surface area contributed by atoms with Crippen LogP contribution in [0.15, 0.2) is 42.5 Å². The average molecular weight is 284 g/mol. The largest absolute Gasteiger partial charge is 0.497 e. The van der Waals surface area contributed by atoms with Crippen LogP contribution in [0.2, 0.25) is 0 Å². The average Bonchev–Trinajstić information content (AvgIpc) is 2.53. The van der Waals surface area contributed by atoms with Crippen molar-refractivity contribution >= 4 is 11.6 Å². The van der Waals surface area contributed by atoms with E-state index >= 15 is 0 Å². The van der Waals surface area contributed by atoms with Crippen LogP contribution >= 0.6 is 0 Å². The summed E-state index contributed by atoms with van der Waals surface area (Å²) >= 11 is 0. The lowest BCUT2D eigenvalue weighted by Crippen LogP contribution is -2.17. The maximum Gasteiger partial charge on any atom is 0.251 e. The van der Waals surface area contributed by atoms with Gasteiger partial charge < -0.3 is 15.4 Å². The Morgan fingerprint density at radius 1 is 1.19 bits per heavy atom. The van der Waals surface area contributed by atoms with Crippen molar-refractivity contribution in [3.63, 3.8) is 0 Å². The van der Waals surface area contributed by atoms with Crippen LogP contribution in [-0.2, 0) is 6.54 Å². The number of rotatable bonds is 5. The molecule has 2 aromatic carbocycles. The molecule has 1 amide bonds. The number of anilines is 1. The summed E-state index contributed by atoms with van der Waals surface area (Å²) in [6.45, 7) is 2.69. The van der Waals surface area contributed by atoms with Crippen molar-refractivity contribution in [3.8, 4) is 5.75 Å². The first-order chi connectivity index (χ1) is 10.1. The molecule has 0 heterocycles. The molecule has 4 nitrogen and oxygen atoms in total. The molecule has 0 aromatic heterocycles. The van der Waals surface area contributed by atoms with Crippen molar-refractivity contribution in [3.05, 3.63) is 59.2 Å². The highest BCUT2D eigenvalue weighted by Crippen LogP contribution is 2.19. The number of carbonyl (C=O) groups is 1. The van der Waals surface area contributed by atoms with Gasteiger partial charge in [-0.2, -0.15) is 0 Å². The molecule has 0 fully saturated rings. The molecule has 0 aliphatic heterocycles. The van der Waals surface area contributed by atoms with Crippen LogP contribution in [0.25, 0.3) is 0 Å². The molecule has 0 saturated carbocycles. The van der Waals surface area contributed by atoms with Gasteiger partial charge in [0.2, 0.25) is 0 Å². The quantitative estimate of drug-likeness (QED) is 0.887. The van der Waals surface area contributed by atoms with E-state index in [-0.39, 0.29) is 5.91 Å². The Hall–Kier alpha value is -2.49. The van der Waals surface area contributed by atoms with E-state index in [0.717, 1.165) is 22.6 Å². The fraction of sp³-hybridized carbons (Fsp3) is 0.235. The maximum atomic E-state index is 11.6. The van der Waals surface area contributed by atoms with Crippen molar-refractivity contribution in [1.82, 2.24) is 5.32 Å². The van der Waals surface area contributed by atoms with E-state index < -0.39 is 0 Å². The second kappa shape index (κ2) is 6.79. The summed E-state index contributed by atoms with van der Waals surface area (Å²) in [5, 5.41) is 6.00. The lowest BCUT2D eigenvalue weighted by Gasteiger charge is -2.11. The van der Waals surface area contributed by atoms with Crippen LogP contribution in [-0.4, -0.2) is 20.1 Å². The molecule has 0 aliphatic carbocycles. The molecule has 0 bridgehead atoms. The molecule has 2 N–H and O–H groups in total. The molecule has 110 valence electrons. The van der Waals surface area contributed by atoms with Gasteiger partial charge in [0.1, 0.15) is 5.75 Å². The van der Waals surface area contributed by atoms with Gasteiger partial charge in [0.25, 0.3) is 5.91 Å². The van der Waals surface area contributed by atoms with Crippen LogP contribution in [0, 0.1) is 6.92 Å². The lowest BCUT2D eigenvalue weighted by atomic mass is 10.1. The normalized spacial score (nSPS) is 10.0. The minimum Gasteiger partial charge on any atom is -0.497 e. The Morgan fingerprint density at radius 3 is 2.67 bits per heavy atom. The van der Waals surface area contributed by atoms with Gasteiger partial charge in [-0.1, -0.05) is 12.1 Å². The highest BCUT2D eigenvalue weighted by Gasteiger charge is 2.06. The number of ether oxygens (including phenoxy) is 1. The summed E-state index contributed by atoms with van der Waals surface area (Å²) in [6, 6.07) is 13.6. The van der Waals surface area contributed by atoms with Crippen LogP contribution in [0.4, 0.5) is 5.69 Å². The molecule has 0 radical (unpaired) electrons. The Morgan fingerprint density at radius 2 is 2.00 bits per heavy atom. The van der Waals surface area contributed by atoms with Crippen molar-refractivity contribution in [2.45, 2.75) is 13.5 Å². The SMILES string of the molecule is CNC(=O)c1ccc(NCc2cccc(OC)c2)c(C)c1. The fourth-order valence-corrected chi connectivity index (χ4v) is 2.13. The Balaban J connectivity index is 2.07.